The van der Waals surface area contributed by atoms with Gasteiger partial charge in [-0.2, -0.15) is 0 Å². The number of hydrogen-bond acceptors (Lipinski definition) is 4. The van der Waals surface area contributed by atoms with Crippen LogP contribution < -0.4 is 0 Å². The normalized spacial score (nSPS) is 11.1. The molecule has 0 atom stereocenters. The van der Waals surface area contributed by atoms with Crippen molar-refractivity contribution in [3.05, 3.63) is 36.0 Å². The third kappa shape index (κ3) is 2.93. The first-order valence-electron chi connectivity index (χ1n) is 6.38. The minimum absolute atomic E-state index is 0.0218. The van der Waals surface area contributed by atoms with E-state index in [0.717, 1.165) is 16.5 Å². The van der Waals surface area contributed by atoms with Gasteiger partial charge in [-0.1, -0.05) is 18.2 Å². The highest BCUT2D eigenvalue weighted by Gasteiger charge is 2.12. The average Bonchev–Trinajstić information content (AvgIpc) is 2.83. The number of hydrogen-bond donors (Lipinski definition) is 0. The number of fused-ring (bicyclic) bond motifs is 1. The van der Waals surface area contributed by atoms with Gasteiger partial charge in [0.25, 0.3) is 6.47 Å². The van der Waals surface area contributed by atoms with Gasteiger partial charge in [0.1, 0.15) is 0 Å². The van der Waals surface area contributed by atoms with Gasteiger partial charge in [0.2, 0.25) is 5.91 Å². The van der Waals surface area contributed by atoms with Crippen LogP contribution in [0.25, 0.3) is 10.9 Å². The van der Waals surface area contributed by atoms with E-state index < -0.39 is 0 Å². The Morgan fingerprint density at radius 1 is 1.40 bits per heavy atom. The summed E-state index contributed by atoms with van der Waals surface area (Å²) in [5.74, 6) is -0.0218. The van der Waals surface area contributed by atoms with E-state index in [-0.39, 0.29) is 12.5 Å². The Labute approximate surface area is 116 Å². The highest BCUT2D eigenvalue weighted by molar-refractivity contribution is 6.03. The molecule has 2 aromatic rings. The van der Waals surface area contributed by atoms with Gasteiger partial charge in [-0.3, -0.25) is 19.1 Å². The summed E-state index contributed by atoms with van der Waals surface area (Å²) in [6.07, 6.45) is 4.37. The Kier molecular flexibility index (Phi) is 4.65. The SMILES string of the molecule is CN=Cc1cn(C(=O)CCCOC=O)c2ccccc12. The summed E-state index contributed by atoms with van der Waals surface area (Å²) in [5.41, 5.74) is 1.78. The largest absolute Gasteiger partial charge is 0.468 e. The molecule has 0 saturated heterocycles. The van der Waals surface area contributed by atoms with Gasteiger partial charge in [0.15, 0.2) is 0 Å². The zero-order valence-corrected chi connectivity index (χ0v) is 11.3. The molecule has 0 radical (unpaired) electrons. The van der Waals surface area contributed by atoms with Crippen LogP contribution in [0.4, 0.5) is 0 Å². The molecule has 0 saturated carbocycles. The van der Waals surface area contributed by atoms with Crippen molar-refractivity contribution in [1.29, 1.82) is 0 Å². The lowest BCUT2D eigenvalue weighted by atomic mass is 10.2. The molecule has 20 heavy (non-hydrogen) atoms. The van der Waals surface area contributed by atoms with E-state index in [2.05, 4.69) is 9.73 Å². The minimum atomic E-state index is -0.0218. The lowest BCUT2D eigenvalue weighted by molar-refractivity contribution is -0.128. The Balaban J connectivity index is 2.25. The van der Waals surface area contributed by atoms with Crippen LogP contribution in [-0.4, -0.2) is 36.8 Å². The van der Waals surface area contributed by atoms with Crippen molar-refractivity contribution in [2.75, 3.05) is 13.7 Å². The number of benzene rings is 1. The number of rotatable bonds is 6. The van der Waals surface area contributed by atoms with E-state index >= 15 is 0 Å². The Hall–Kier alpha value is -2.43. The van der Waals surface area contributed by atoms with E-state index in [0.29, 0.717) is 19.3 Å². The Morgan fingerprint density at radius 2 is 2.20 bits per heavy atom. The van der Waals surface area contributed by atoms with Crippen molar-refractivity contribution < 1.29 is 14.3 Å². The van der Waals surface area contributed by atoms with Gasteiger partial charge in [0.05, 0.1) is 12.1 Å². The molecule has 0 unspecified atom stereocenters. The lowest BCUT2D eigenvalue weighted by Gasteiger charge is -2.03. The molecule has 1 aromatic heterocycles. The zero-order valence-electron chi connectivity index (χ0n) is 11.3. The maximum Gasteiger partial charge on any atom is 0.293 e. The highest BCUT2D eigenvalue weighted by atomic mass is 16.5. The number of aliphatic imine (C=N–C) groups is 1. The van der Waals surface area contributed by atoms with Gasteiger partial charge >= 0.3 is 0 Å². The molecule has 0 amide bonds. The first kappa shape index (κ1) is 14.0. The fourth-order valence-electron chi connectivity index (χ4n) is 2.13. The standard InChI is InChI=1S/C15H16N2O3/c1-16-9-12-10-17(14-6-3-2-5-13(12)14)15(19)7-4-8-20-11-18/h2-3,5-6,9-11H,4,7-8H2,1H3. The second kappa shape index (κ2) is 6.65. The van der Waals surface area contributed by atoms with Crippen LogP contribution in [-0.2, 0) is 9.53 Å². The van der Waals surface area contributed by atoms with Crippen LogP contribution in [0.3, 0.4) is 0 Å². The molecule has 0 bridgehead atoms. The van der Waals surface area contributed by atoms with E-state index in [1.54, 1.807) is 24.0 Å². The fraction of sp³-hybridized carbons (Fsp3) is 0.267. The van der Waals surface area contributed by atoms with E-state index in [1.165, 1.54) is 0 Å². The van der Waals surface area contributed by atoms with Crippen LogP contribution >= 0.6 is 0 Å². The number of aromatic nitrogens is 1. The molecule has 5 nitrogen and oxygen atoms in total. The molecular formula is C15H16N2O3. The van der Waals surface area contributed by atoms with Crippen LogP contribution in [0.15, 0.2) is 35.5 Å². The number of ether oxygens (including phenoxy) is 1. The van der Waals surface area contributed by atoms with Gasteiger partial charge in [0, 0.05) is 36.8 Å². The molecular weight excluding hydrogens is 256 g/mol. The summed E-state index contributed by atoms with van der Waals surface area (Å²) in [6.45, 7) is 0.656. The van der Waals surface area contributed by atoms with E-state index in [4.69, 9.17) is 0 Å². The van der Waals surface area contributed by atoms with Crippen molar-refractivity contribution in [2.45, 2.75) is 12.8 Å². The summed E-state index contributed by atoms with van der Waals surface area (Å²) in [7, 11) is 1.70. The van der Waals surface area contributed by atoms with Crippen molar-refractivity contribution in [2.24, 2.45) is 4.99 Å². The molecule has 5 heteroatoms. The molecule has 104 valence electrons. The third-order valence-electron chi connectivity index (χ3n) is 3.00. The number of para-hydroxylation sites is 1. The predicted octanol–water partition coefficient (Wildman–Crippen LogP) is 2.28. The fourth-order valence-corrected chi connectivity index (χ4v) is 2.13. The van der Waals surface area contributed by atoms with Crippen LogP contribution in [0.5, 0.6) is 0 Å². The number of nitrogens with zero attached hydrogens (tertiary/aromatic N) is 2. The van der Waals surface area contributed by atoms with Crippen LogP contribution in [0.2, 0.25) is 0 Å². The minimum Gasteiger partial charge on any atom is -0.468 e. The summed E-state index contributed by atoms with van der Waals surface area (Å²) in [4.78, 5) is 26.3. The number of carbonyl (C=O) groups excluding carboxylic acids is 2. The molecule has 0 aliphatic rings. The van der Waals surface area contributed by atoms with Crippen LogP contribution in [0.1, 0.15) is 23.2 Å². The average molecular weight is 272 g/mol. The van der Waals surface area contributed by atoms with E-state index in [1.807, 2.05) is 24.3 Å². The zero-order chi connectivity index (χ0) is 14.4. The summed E-state index contributed by atoms with van der Waals surface area (Å²) in [6, 6.07) is 7.70. The van der Waals surface area contributed by atoms with Crippen molar-refractivity contribution in [1.82, 2.24) is 4.57 Å². The molecule has 2 rings (SSSR count). The monoisotopic (exact) mass is 272 g/mol. The van der Waals surface area contributed by atoms with Gasteiger partial charge in [-0.05, 0) is 12.5 Å². The maximum absolute atomic E-state index is 12.2. The topological polar surface area (TPSA) is 60.7 Å². The smallest absolute Gasteiger partial charge is 0.293 e. The second-order valence-corrected chi connectivity index (χ2v) is 4.32. The highest BCUT2D eigenvalue weighted by Crippen LogP contribution is 2.20. The molecule has 1 aromatic carbocycles. The summed E-state index contributed by atoms with van der Waals surface area (Å²) in [5, 5.41) is 0.996. The van der Waals surface area contributed by atoms with Gasteiger partial charge in [-0.15, -0.1) is 0 Å². The first-order chi connectivity index (χ1) is 9.77. The van der Waals surface area contributed by atoms with Crippen molar-refractivity contribution >= 4 is 29.5 Å². The maximum atomic E-state index is 12.2. The van der Waals surface area contributed by atoms with Gasteiger partial charge < -0.3 is 4.74 Å². The van der Waals surface area contributed by atoms with Crippen molar-refractivity contribution in [3.8, 4) is 0 Å². The lowest BCUT2D eigenvalue weighted by Crippen LogP contribution is -2.10. The summed E-state index contributed by atoms with van der Waals surface area (Å²) < 4.78 is 6.22. The molecule has 0 N–H and O–H groups in total. The third-order valence-corrected chi connectivity index (χ3v) is 3.00. The molecule has 1 heterocycles. The second-order valence-electron chi connectivity index (χ2n) is 4.32. The molecule has 0 aliphatic heterocycles. The number of carbonyl (C=O) groups is 2. The van der Waals surface area contributed by atoms with E-state index in [9.17, 15) is 9.59 Å². The molecule has 0 fully saturated rings. The Morgan fingerprint density at radius 3 is 2.95 bits per heavy atom. The first-order valence-corrected chi connectivity index (χ1v) is 6.38. The quantitative estimate of drug-likeness (QED) is 0.460. The predicted molar refractivity (Wildman–Crippen MR) is 77.3 cm³/mol. The van der Waals surface area contributed by atoms with Crippen LogP contribution in [0, 0.1) is 0 Å². The van der Waals surface area contributed by atoms with Crippen molar-refractivity contribution in [3.63, 3.8) is 0 Å². The molecule has 0 aliphatic carbocycles. The summed E-state index contributed by atoms with van der Waals surface area (Å²) >= 11 is 0. The molecule has 0 spiro atoms. The Bertz CT molecular complexity index is 644. The van der Waals surface area contributed by atoms with Gasteiger partial charge in [-0.25, -0.2) is 0 Å².